The maximum absolute atomic E-state index is 13.3. The van der Waals surface area contributed by atoms with Gasteiger partial charge in [0.15, 0.2) is 0 Å². The number of hydrogen-bond donors (Lipinski definition) is 1. The van der Waals surface area contributed by atoms with E-state index in [1.165, 1.54) is 6.07 Å². The summed E-state index contributed by atoms with van der Waals surface area (Å²) in [5.41, 5.74) is 6.95. The van der Waals surface area contributed by atoms with Crippen molar-refractivity contribution in [1.82, 2.24) is 0 Å². The molecule has 0 aliphatic carbocycles. The van der Waals surface area contributed by atoms with E-state index in [4.69, 9.17) is 10.5 Å². The van der Waals surface area contributed by atoms with Crippen molar-refractivity contribution in [3.63, 3.8) is 0 Å². The highest BCUT2D eigenvalue weighted by Crippen LogP contribution is 2.11. The zero-order chi connectivity index (χ0) is 11.1. The molecule has 1 rings (SSSR count). The first-order chi connectivity index (χ1) is 7.27. The van der Waals surface area contributed by atoms with E-state index in [2.05, 4.69) is 0 Å². The monoisotopic (exact) mass is 209 g/mol. The van der Waals surface area contributed by atoms with Gasteiger partial charge in [-0.3, -0.25) is 0 Å². The Morgan fingerprint density at radius 3 is 2.93 bits per heavy atom. The summed E-state index contributed by atoms with van der Waals surface area (Å²) in [6.07, 6.45) is 3.78. The number of benzene rings is 1. The Kier molecular flexibility index (Phi) is 5.01. The predicted octanol–water partition coefficient (Wildman–Crippen LogP) is 2.38. The van der Waals surface area contributed by atoms with Gasteiger partial charge in [0.25, 0.3) is 0 Å². The predicted molar refractivity (Wildman–Crippen MR) is 58.8 cm³/mol. The van der Waals surface area contributed by atoms with E-state index in [9.17, 15) is 4.39 Å². The lowest BCUT2D eigenvalue weighted by Crippen LogP contribution is -2.01. The Balaban J connectivity index is 2.58. The largest absolute Gasteiger partial charge is 0.373 e. The van der Waals surface area contributed by atoms with Crippen LogP contribution < -0.4 is 5.73 Å². The summed E-state index contributed by atoms with van der Waals surface area (Å²) in [6, 6.07) is 4.85. The highest BCUT2D eigenvalue weighted by atomic mass is 19.1. The van der Waals surface area contributed by atoms with Crippen LogP contribution in [0.4, 0.5) is 4.39 Å². The van der Waals surface area contributed by atoms with E-state index >= 15 is 0 Å². The molecule has 0 saturated heterocycles. The van der Waals surface area contributed by atoms with Gasteiger partial charge in [0.1, 0.15) is 5.82 Å². The van der Waals surface area contributed by atoms with Crippen LogP contribution in [0.15, 0.2) is 30.4 Å². The van der Waals surface area contributed by atoms with Crippen LogP contribution in [0.3, 0.4) is 0 Å². The Hall–Kier alpha value is -1.19. The maximum Gasteiger partial charge on any atom is 0.128 e. The van der Waals surface area contributed by atoms with Crippen LogP contribution in [-0.4, -0.2) is 6.61 Å². The fourth-order valence-electron chi connectivity index (χ4n) is 1.20. The molecular formula is C12H16FNO. The number of rotatable bonds is 5. The zero-order valence-electron chi connectivity index (χ0n) is 8.87. The molecule has 0 saturated carbocycles. The van der Waals surface area contributed by atoms with Crippen molar-refractivity contribution >= 4 is 0 Å². The molecule has 15 heavy (non-hydrogen) atoms. The van der Waals surface area contributed by atoms with Crippen LogP contribution in [0.2, 0.25) is 0 Å². The molecule has 0 aliphatic rings. The molecule has 0 spiro atoms. The molecule has 0 heterocycles. The average Bonchev–Trinajstić information content (AvgIpc) is 2.26. The summed E-state index contributed by atoms with van der Waals surface area (Å²) in [7, 11) is 0. The number of halogens is 1. The van der Waals surface area contributed by atoms with Gasteiger partial charge in [-0.1, -0.05) is 18.2 Å². The lowest BCUT2D eigenvalue weighted by atomic mass is 10.1. The molecule has 0 radical (unpaired) electrons. The summed E-state index contributed by atoms with van der Waals surface area (Å²) in [6.45, 7) is 3.12. The van der Waals surface area contributed by atoms with E-state index < -0.39 is 0 Å². The Labute approximate surface area is 89.6 Å². The first kappa shape index (κ1) is 11.9. The summed E-state index contributed by atoms with van der Waals surface area (Å²) in [4.78, 5) is 0. The summed E-state index contributed by atoms with van der Waals surface area (Å²) >= 11 is 0. The van der Waals surface area contributed by atoms with Crippen LogP contribution in [0.25, 0.3) is 0 Å². The molecule has 1 aromatic rings. The number of hydrogen-bond acceptors (Lipinski definition) is 2. The third-order valence-electron chi connectivity index (χ3n) is 2.05. The molecule has 2 nitrogen and oxygen atoms in total. The summed E-state index contributed by atoms with van der Waals surface area (Å²) < 4.78 is 18.5. The van der Waals surface area contributed by atoms with Gasteiger partial charge in [0.05, 0.1) is 13.2 Å². The van der Waals surface area contributed by atoms with Crippen molar-refractivity contribution in [2.75, 3.05) is 6.61 Å². The molecule has 0 atom stereocenters. The average molecular weight is 209 g/mol. The third-order valence-corrected chi connectivity index (χ3v) is 2.05. The van der Waals surface area contributed by atoms with E-state index in [1.807, 2.05) is 19.1 Å². The molecule has 0 bridgehead atoms. The third kappa shape index (κ3) is 3.81. The Bertz CT molecular complexity index is 336. The van der Waals surface area contributed by atoms with E-state index in [1.54, 1.807) is 12.1 Å². The fraction of sp³-hybridized carbons (Fsp3) is 0.333. The molecule has 82 valence electrons. The molecule has 2 N–H and O–H groups in total. The first-order valence-corrected chi connectivity index (χ1v) is 4.94. The summed E-state index contributed by atoms with van der Waals surface area (Å²) in [5.74, 6) is -0.243. The first-order valence-electron chi connectivity index (χ1n) is 4.94. The minimum absolute atomic E-state index is 0.243. The second-order valence-corrected chi connectivity index (χ2v) is 3.21. The fourth-order valence-corrected chi connectivity index (χ4v) is 1.20. The number of allylic oxidation sites excluding steroid dienone is 1. The maximum atomic E-state index is 13.3. The van der Waals surface area contributed by atoms with Crippen molar-refractivity contribution < 1.29 is 9.13 Å². The van der Waals surface area contributed by atoms with Crippen LogP contribution in [0.1, 0.15) is 18.1 Å². The topological polar surface area (TPSA) is 35.2 Å². The van der Waals surface area contributed by atoms with E-state index in [0.29, 0.717) is 18.7 Å². The molecule has 0 aromatic heterocycles. The van der Waals surface area contributed by atoms with Gasteiger partial charge in [0, 0.05) is 12.1 Å². The van der Waals surface area contributed by atoms with Gasteiger partial charge in [-0.2, -0.15) is 0 Å². The van der Waals surface area contributed by atoms with Crippen molar-refractivity contribution in [3.05, 3.63) is 47.3 Å². The molecule has 1 aromatic carbocycles. The molecular weight excluding hydrogens is 193 g/mol. The zero-order valence-corrected chi connectivity index (χ0v) is 8.87. The number of ether oxygens (including phenoxy) is 1. The molecule has 0 unspecified atom stereocenters. The smallest absolute Gasteiger partial charge is 0.128 e. The van der Waals surface area contributed by atoms with Gasteiger partial charge in [-0.25, -0.2) is 4.39 Å². The quantitative estimate of drug-likeness (QED) is 0.597. The van der Waals surface area contributed by atoms with Crippen LogP contribution in [-0.2, 0) is 17.9 Å². The highest BCUT2D eigenvalue weighted by molar-refractivity contribution is 5.24. The summed E-state index contributed by atoms with van der Waals surface area (Å²) in [5, 5.41) is 0. The van der Waals surface area contributed by atoms with Crippen LogP contribution in [0.5, 0.6) is 0 Å². The normalized spacial score (nSPS) is 11.1. The second kappa shape index (κ2) is 6.32. The van der Waals surface area contributed by atoms with Crippen LogP contribution >= 0.6 is 0 Å². The molecule has 0 amide bonds. The van der Waals surface area contributed by atoms with Crippen LogP contribution in [0, 0.1) is 5.82 Å². The molecule has 0 fully saturated rings. The van der Waals surface area contributed by atoms with Crippen molar-refractivity contribution in [2.24, 2.45) is 5.73 Å². The molecule has 0 aliphatic heterocycles. The SMILES string of the molecule is C/C=C/COCc1cc(CN)ccc1F. The van der Waals surface area contributed by atoms with Crippen molar-refractivity contribution in [2.45, 2.75) is 20.1 Å². The highest BCUT2D eigenvalue weighted by Gasteiger charge is 2.02. The minimum atomic E-state index is -0.243. The van der Waals surface area contributed by atoms with E-state index in [0.717, 1.165) is 5.56 Å². The van der Waals surface area contributed by atoms with Gasteiger partial charge in [0.2, 0.25) is 0 Å². The van der Waals surface area contributed by atoms with Crippen molar-refractivity contribution in [3.8, 4) is 0 Å². The van der Waals surface area contributed by atoms with Gasteiger partial charge >= 0.3 is 0 Å². The van der Waals surface area contributed by atoms with Gasteiger partial charge in [-0.15, -0.1) is 0 Å². The standard InChI is InChI=1S/C12H16FNO/c1-2-3-6-15-9-11-7-10(8-14)4-5-12(11)13/h2-5,7H,6,8-9,14H2,1H3/b3-2+. The van der Waals surface area contributed by atoms with Gasteiger partial charge < -0.3 is 10.5 Å². The Morgan fingerprint density at radius 2 is 2.27 bits per heavy atom. The lowest BCUT2D eigenvalue weighted by Gasteiger charge is -2.05. The Morgan fingerprint density at radius 1 is 1.47 bits per heavy atom. The van der Waals surface area contributed by atoms with E-state index in [-0.39, 0.29) is 12.4 Å². The lowest BCUT2D eigenvalue weighted by molar-refractivity contribution is 0.145. The van der Waals surface area contributed by atoms with Crippen molar-refractivity contribution in [1.29, 1.82) is 0 Å². The number of nitrogens with two attached hydrogens (primary N) is 1. The molecule has 3 heteroatoms. The second-order valence-electron chi connectivity index (χ2n) is 3.21. The van der Waals surface area contributed by atoms with Gasteiger partial charge in [-0.05, 0) is 24.6 Å². The minimum Gasteiger partial charge on any atom is -0.373 e.